The van der Waals surface area contributed by atoms with Crippen LogP contribution in [0.15, 0.2) is 35.5 Å². The molecule has 0 radical (unpaired) electrons. The molecule has 1 aliphatic carbocycles. The molecule has 6 nitrogen and oxygen atoms in total. The number of rotatable bonds is 10. The Morgan fingerprint density at radius 2 is 2.08 bits per heavy atom. The van der Waals surface area contributed by atoms with Crippen LogP contribution in [0.4, 0.5) is 0 Å². The number of benzene rings is 1. The van der Waals surface area contributed by atoms with E-state index in [1.165, 1.54) is 11.8 Å². The van der Waals surface area contributed by atoms with Crippen LogP contribution < -0.4 is 10.1 Å². The number of hydrogen-bond donors (Lipinski definition) is 1. The lowest BCUT2D eigenvalue weighted by molar-refractivity contribution is -0.118. The van der Waals surface area contributed by atoms with E-state index in [0.717, 1.165) is 42.5 Å². The van der Waals surface area contributed by atoms with Gasteiger partial charge in [0.1, 0.15) is 12.4 Å². The molecule has 1 amide bonds. The van der Waals surface area contributed by atoms with E-state index in [2.05, 4.69) is 33.9 Å². The molecule has 26 heavy (non-hydrogen) atoms. The monoisotopic (exact) mass is 374 g/mol. The summed E-state index contributed by atoms with van der Waals surface area (Å²) >= 11 is 1.44. The first-order chi connectivity index (χ1) is 12.6. The molecule has 2 aromatic rings. The van der Waals surface area contributed by atoms with Crippen LogP contribution >= 0.6 is 11.8 Å². The smallest absolute Gasteiger partial charge is 0.230 e. The van der Waals surface area contributed by atoms with Crippen LogP contribution in [0.2, 0.25) is 0 Å². The largest absolute Gasteiger partial charge is 0.486 e. The highest BCUT2D eigenvalue weighted by Gasteiger charge is 2.23. The van der Waals surface area contributed by atoms with Crippen molar-refractivity contribution in [1.29, 1.82) is 0 Å². The first-order valence-corrected chi connectivity index (χ1v) is 10.1. The molecule has 0 unspecified atom stereocenters. The van der Waals surface area contributed by atoms with E-state index in [1.54, 1.807) is 0 Å². The van der Waals surface area contributed by atoms with Gasteiger partial charge in [0, 0.05) is 12.6 Å². The van der Waals surface area contributed by atoms with Crippen molar-refractivity contribution in [2.75, 3.05) is 5.75 Å². The van der Waals surface area contributed by atoms with Crippen molar-refractivity contribution in [3.05, 3.63) is 36.2 Å². The highest BCUT2D eigenvalue weighted by molar-refractivity contribution is 7.99. The fourth-order valence-corrected chi connectivity index (χ4v) is 3.23. The molecule has 1 aromatic heterocycles. The second-order valence-corrected chi connectivity index (χ2v) is 7.91. The standard InChI is InChI=1S/C19H26N4O2S/c1-14(2)10-11-23-17(12-25-16-6-4-3-5-7-16)21-22-19(23)26-13-18(24)20-15-8-9-15/h3-7,14-15H,8-13H2,1-2H3,(H,20,24). The number of aromatic nitrogens is 3. The van der Waals surface area contributed by atoms with Crippen molar-refractivity contribution >= 4 is 17.7 Å². The van der Waals surface area contributed by atoms with Crippen molar-refractivity contribution in [2.45, 2.75) is 57.5 Å². The van der Waals surface area contributed by atoms with E-state index in [1.807, 2.05) is 30.3 Å². The summed E-state index contributed by atoms with van der Waals surface area (Å²) in [4.78, 5) is 11.9. The Labute approximate surface area is 158 Å². The summed E-state index contributed by atoms with van der Waals surface area (Å²) in [5.74, 6) is 2.62. The third-order valence-electron chi connectivity index (χ3n) is 4.11. The summed E-state index contributed by atoms with van der Waals surface area (Å²) in [5, 5.41) is 12.4. The summed E-state index contributed by atoms with van der Waals surface area (Å²) < 4.78 is 7.91. The van der Waals surface area contributed by atoms with Gasteiger partial charge < -0.3 is 14.6 Å². The van der Waals surface area contributed by atoms with Crippen molar-refractivity contribution < 1.29 is 9.53 Å². The van der Waals surface area contributed by atoms with E-state index in [9.17, 15) is 4.79 Å². The first kappa shape index (κ1) is 18.8. The summed E-state index contributed by atoms with van der Waals surface area (Å²) in [5.41, 5.74) is 0. The van der Waals surface area contributed by atoms with Crippen LogP contribution in [-0.2, 0) is 17.9 Å². The van der Waals surface area contributed by atoms with Crippen LogP contribution in [0.5, 0.6) is 5.75 Å². The number of nitrogens with zero attached hydrogens (tertiary/aromatic N) is 3. The average molecular weight is 375 g/mol. The number of amides is 1. The summed E-state index contributed by atoms with van der Waals surface area (Å²) in [7, 11) is 0. The minimum absolute atomic E-state index is 0.0676. The van der Waals surface area contributed by atoms with Crippen LogP contribution in [0.3, 0.4) is 0 Å². The number of ether oxygens (including phenoxy) is 1. The van der Waals surface area contributed by atoms with Crippen molar-refractivity contribution in [1.82, 2.24) is 20.1 Å². The average Bonchev–Trinajstić information content (AvgIpc) is 3.35. The van der Waals surface area contributed by atoms with Gasteiger partial charge in [0.2, 0.25) is 5.91 Å². The molecular formula is C19H26N4O2S. The Morgan fingerprint density at radius 3 is 2.77 bits per heavy atom. The molecule has 1 fully saturated rings. The number of thioether (sulfide) groups is 1. The van der Waals surface area contributed by atoms with Gasteiger partial charge in [0.25, 0.3) is 0 Å². The van der Waals surface area contributed by atoms with Crippen molar-refractivity contribution in [2.24, 2.45) is 5.92 Å². The minimum Gasteiger partial charge on any atom is -0.486 e. The van der Waals surface area contributed by atoms with Gasteiger partial charge in [-0.05, 0) is 37.3 Å². The predicted octanol–water partition coefficient (Wildman–Crippen LogP) is 3.27. The molecule has 0 spiro atoms. The molecule has 0 bridgehead atoms. The van der Waals surface area contributed by atoms with Crippen LogP contribution in [0.1, 0.15) is 38.9 Å². The summed E-state index contributed by atoms with van der Waals surface area (Å²) in [6.07, 6.45) is 3.22. The number of carbonyl (C=O) groups is 1. The van der Waals surface area contributed by atoms with Gasteiger partial charge in [-0.15, -0.1) is 10.2 Å². The van der Waals surface area contributed by atoms with Gasteiger partial charge in [0.05, 0.1) is 5.75 Å². The molecule has 1 aromatic carbocycles. The molecule has 1 aliphatic rings. The molecule has 140 valence electrons. The van der Waals surface area contributed by atoms with Gasteiger partial charge in [-0.2, -0.15) is 0 Å². The Kier molecular flexibility index (Phi) is 6.55. The Bertz CT molecular complexity index is 714. The second kappa shape index (κ2) is 9.07. The lowest BCUT2D eigenvalue weighted by Gasteiger charge is -2.12. The number of nitrogens with one attached hydrogen (secondary N) is 1. The SMILES string of the molecule is CC(C)CCn1c(COc2ccccc2)nnc1SCC(=O)NC1CC1. The zero-order valence-electron chi connectivity index (χ0n) is 15.4. The van der Waals surface area contributed by atoms with Gasteiger partial charge in [-0.3, -0.25) is 4.79 Å². The quantitative estimate of drug-likeness (QED) is 0.647. The fraction of sp³-hybridized carbons (Fsp3) is 0.526. The second-order valence-electron chi connectivity index (χ2n) is 6.97. The molecule has 3 rings (SSSR count). The fourth-order valence-electron chi connectivity index (χ4n) is 2.44. The van der Waals surface area contributed by atoms with Gasteiger partial charge in [0.15, 0.2) is 11.0 Å². The number of carbonyl (C=O) groups excluding carboxylic acids is 1. The highest BCUT2D eigenvalue weighted by atomic mass is 32.2. The lowest BCUT2D eigenvalue weighted by Crippen LogP contribution is -2.27. The first-order valence-electron chi connectivity index (χ1n) is 9.14. The lowest BCUT2D eigenvalue weighted by atomic mass is 10.1. The maximum absolute atomic E-state index is 11.9. The third kappa shape index (κ3) is 5.76. The van der Waals surface area contributed by atoms with Gasteiger partial charge >= 0.3 is 0 Å². The molecule has 0 aliphatic heterocycles. The molecule has 0 saturated heterocycles. The molecule has 1 saturated carbocycles. The van der Waals surface area contributed by atoms with Gasteiger partial charge in [-0.25, -0.2) is 0 Å². The van der Waals surface area contributed by atoms with E-state index in [4.69, 9.17) is 4.74 Å². The summed E-state index contributed by atoms with van der Waals surface area (Å²) in [6.45, 7) is 5.58. The molecule has 0 atom stereocenters. The predicted molar refractivity (Wildman–Crippen MR) is 102 cm³/mol. The normalized spacial score (nSPS) is 13.8. The Morgan fingerprint density at radius 1 is 1.31 bits per heavy atom. The van der Waals surface area contributed by atoms with Crippen molar-refractivity contribution in [3.8, 4) is 5.75 Å². The maximum Gasteiger partial charge on any atom is 0.230 e. The van der Waals surface area contributed by atoms with Crippen molar-refractivity contribution in [3.63, 3.8) is 0 Å². The van der Waals surface area contributed by atoms with E-state index >= 15 is 0 Å². The minimum atomic E-state index is 0.0676. The topological polar surface area (TPSA) is 69.0 Å². The van der Waals surface area contributed by atoms with E-state index in [0.29, 0.717) is 24.3 Å². The third-order valence-corrected chi connectivity index (χ3v) is 5.08. The van der Waals surface area contributed by atoms with E-state index < -0.39 is 0 Å². The Balaban J connectivity index is 1.62. The van der Waals surface area contributed by atoms with Crippen LogP contribution in [0, 0.1) is 5.92 Å². The number of para-hydroxylation sites is 1. The summed E-state index contributed by atoms with van der Waals surface area (Å²) in [6, 6.07) is 10.1. The zero-order chi connectivity index (χ0) is 18.4. The molecule has 1 N–H and O–H groups in total. The van der Waals surface area contributed by atoms with Crippen LogP contribution in [0.25, 0.3) is 0 Å². The molecule has 1 heterocycles. The molecule has 7 heteroatoms. The van der Waals surface area contributed by atoms with Crippen LogP contribution in [-0.4, -0.2) is 32.5 Å². The number of hydrogen-bond acceptors (Lipinski definition) is 5. The maximum atomic E-state index is 11.9. The zero-order valence-corrected chi connectivity index (χ0v) is 16.2. The Hall–Kier alpha value is -2.02. The van der Waals surface area contributed by atoms with Gasteiger partial charge in [-0.1, -0.05) is 43.8 Å². The highest BCUT2D eigenvalue weighted by Crippen LogP contribution is 2.22. The van der Waals surface area contributed by atoms with E-state index in [-0.39, 0.29) is 5.91 Å². The molecular weight excluding hydrogens is 348 g/mol.